The Bertz CT molecular complexity index is 869. The van der Waals surface area contributed by atoms with Gasteiger partial charge in [0.2, 0.25) is 0 Å². The van der Waals surface area contributed by atoms with Crippen molar-refractivity contribution < 1.29 is 4.79 Å². The van der Waals surface area contributed by atoms with Gasteiger partial charge in [0.1, 0.15) is 0 Å². The van der Waals surface area contributed by atoms with Gasteiger partial charge in [-0.15, -0.1) is 0 Å². The van der Waals surface area contributed by atoms with Crippen molar-refractivity contribution in [3.8, 4) is 5.69 Å². The van der Waals surface area contributed by atoms with Crippen molar-refractivity contribution in [3.63, 3.8) is 0 Å². The third kappa shape index (κ3) is 2.55. The number of rotatable bonds is 3. The maximum Gasteiger partial charge on any atom is 0.254 e. The quantitative estimate of drug-likeness (QED) is 0.726. The zero-order chi connectivity index (χ0) is 17.5. The topological polar surface area (TPSA) is 43.1 Å². The number of carbonyl (C=O) groups excluding carboxylic acids is 1. The van der Waals surface area contributed by atoms with Gasteiger partial charge >= 0.3 is 0 Å². The number of benzene rings is 1. The highest BCUT2D eigenvalue weighted by Crippen LogP contribution is 2.41. The van der Waals surface area contributed by atoms with Crippen LogP contribution in [-0.4, -0.2) is 37.0 Å². The van der Waals surface area contributed by atoms with E-state index in [4.69, 9.17) is 0 Å². The van der Waals surface area contributed by atoms with Gasteiger partial charge in [-0.1, -0.05) is 0 Å². The lowest BCUT2D eigenvalue weighted by atomic mass is 9.96. The molecule has 5 rings (SSSR count). The predicted octanol–water partition coefficient (Wildman–Crippen LogP) is 3.68. The van der Waals surface area contributed by atoms with E-state index in [0.29, 0.717) is 18.1 Å². The largest absolute Gasteiger partial charge is 0.334 e. The zero-order valence-corrected chi connectivity index (χ0v) is 14.6. The molecule has 4 heterocycles. The third-order valence-corrected chi connectivity index (χ3v) is 5.91. The molecule has 5 heteroatoms. The van der Waals surface area contributed by atoms with Crippen molar-refractivity contribution in [2.24, 2.45) is 0 Å². The van der Waals surface area contributed by atoms with Crippen molar-refractivity contribution in [1.82, 2.24) is 19.0 Å². The zero-order valence-electron chi connectivity index (χ0n) is 14.6. The van der Waals surface area contributed by atoms with Gasteiger partial charge in [0, 0.05) is 54.2 Å². The van der Waals surface area contributed by atoms with Gasteiger partial charge in [0.15, 0.2) is 0 Å². The molecule has 3 aromatic rings. The highest BCUT2D eigenvalue weighted by atomic mass is 16.2. The molecular formula is C21H22N4O. The molecule has 2 saturated heterocycles. The SMILES string of the molecule is O=C(c1ccc(-n2cccc2)cc1)N1C2CCC1CC(n1ccnc1)C2. The molecule has 2 bridgehead atoms. The molecule has 2 aliphatic rings. The second kappa shape index (κ2) is 6.16. The van der Waals surface area contributed by atoms with Crippen LogP contribution in [0.4, 0.5) is 0 Å². The lowest BCUT2D eigenvalue weighted by Gasteiger charge is -2.39. The van der Waals surface area contributed by atoms with Crippen molar-refractivity contribution in [3.05, 3.63) is 73.1 Å². The highest BCUT2D eigenvalue weighted by Gasteiger charge is 2.43. The molecule has 0 N–H and O–H groups in total. The molecule has 2 aromatic heterocycles. The van der Waals surface area contributed by atoms with Crippen LogP contribution in [-0.2, 0) is 0 Å². The summed E-state index contributed by atoms with van der Waals surface area (Å²) in [7, 11) is 0. The predicted molar refractivity (Wildman–Crippen MR) is 99.2 cm³/mol. The van der Waals surface area contributed by atoms with Gasteiger partial charge < -0.3 is 14.0 Å². The van der Waals surface area contributed by atoms with E-state index in [1.807, 2.05) is 67.5 Å². The van der Waals surface area contributed by atoms with E-state index >= 15 is 0 Å². The molecule has 2 atom stereocenters. The summed E-state index contributed by atoms with van der Waals surface area (Å²) in [6.45, 7) is 0. The Balaban J connectivity index is 1.35. The number of nitrogens with zero attached hydrogens (tertiary/aromatic N) is 4. The van der Waals surface area contributed by atoms with Crippen molar-refractivity contribution >= 4 is 5.91 Å². The fourth-order valence-corrected chi connectivity index (χ4v) is 4.64. The summed E-state index contributed by atoms with van der Waals surface area (Å²) in [6, 6.07) is 13.1. The van der Waals surface area contributed by atoms with E-state index in [9.17, 15) is 4.79 Å². The van der Waals surface area contributed by atoms with Gasteiger partial charge in [-0.05, 0) is 62.1 Å². The average Bonchev–Trinajstić information content (AvgIpc) is 3.42. The van der Waals surface area contributed by atoms with Crippen LogP contribution in [0, 0.1) is 0 Å². The molecule has 0 aliphatic carbocycles. The average molecular weight is 346 g/mol. The molecule has 1 amide bonds. The number of piperidine rings is 1. The van der Waals surface area contributed by atoms with Crippen LogP contribution in [0.25, 0.3) is 5.69 Å². The summed E-state index contributed by atoms with van der Waals surface area (Å²) in [5.74, 6) is 0.181. The van der Waals surface area contributed by atoms with E-state index < -0.39 is 0 Å². The first-order valence-electron chi connectivity index (χ1n) is 9.33. The van der Waals surface area contributed by atoms with Crippen molar-refractivity contribution in [2.75, 3.05) is 0 Å². The minimum Gasteiger partial charge on any atom is -0.334 e. The lowest BCUT2D eigenvalue weighted by molar-refractivity contribution is 0.0533. The van der Waals surface area contributed by atoms with Gasteiger partial charge in [0.05, 0.1) is 6.33 Å². The van der Waals surface area contributed by atoms with Crippen LogP contribution < -0.4 is 0 Å². The number of hydrogen-bond acceptors (Lipinski definition) is 2. The first kappa shape index (κ1) is 15.4. The van der Waals surface area contributed by atoms with Crippen LogP contribution in [0.5, 0.6) is 0 Å². The first-order chi connectivity index (χ1) is 12.8. The van der Waals surface area contributed by atoms with Crippen molar-refractivity contribution in [2.45, 2.75) is 43.8 Å². The normalized spacial score (nSPS) is 24.8. The standard InChI is InChI=1S/C21H22N4O/c26-21(16-3-5-17(6-4-16)23-10-1-2-11-23)25-18-7-8-19(25)14-20(13-18)24-12-9-22-15-24/h1-6,9-12,15,18-20H,7-8,13-14H2. The van der Waals surface area contributed by atoms with Gasteiger partial charge in [-0.3, -0.25) is 4.79 Å². The molecule has 26 heavy (non-hydrogen) atoms. The fourth-order valence-electron chi connectivity index (χ4n) is 4.64. The smallest absolute Gasteiger partial charge is 0.254 e. The molecule has 0 radical (unpaired) electrons. The summed E-state index contributed by atoms with van der Waals surface area (Å²) in [6.07, 6.45) is 14.1. The summed E-state index contributed by atoms with van der Waals surface area (Å²) in [5.41, 5.74) is 1.87. The molecule has 132 valence electrons. The number of amides is 1. The second-order valence-electron chi connectivity index (χ2n) is 7.37. The van der Waals surface area contributed by atoms with E-state index in [1.54, 1.807) is 0 Å². The van der Waals surface area contributed by atoms with Crippen LogP contribution in [0.3, 0.4) is 0 Å². The lowest BCUT2D eigenvalue weighted by Crippen LogP contribution is -2.46. The Kier molecular flexibility index (Phi) is 3.66. The van der Waals surface area contributed by atoms with Gasteiger partial charge in [-0.25, -0.2) is 4.98 Å². The number of carbonyl (C=O) groups is 1. The maximum atomic E-state index is 13.2. The first-order valence-corrected chi connectivity index (χ1v) is 9.33. The third-order valence-electron chi connectivity index (χ3n) is 5.91. The van der Waals surface area contributed by atoms with Crippen LogP contribution in [0.1, 0.15) is 42.1 Å². The minimum atomic E-state index is 0.181. The second-order valence-corrected chi connectivity index (χ2v) is 7.37. The van der Waals surface area contributed by atoms with Crippen LogP contribution in [0.2, 0.25) is 0 Å². The fraction of sp³-hybridized carbons (Fsp3) is 0.333. The molecule has 2 fully saturated rings. The Morgan fingerprint density at radius 2 is 1.62 bits per heavy atom. The van der Waals surface area contributed by atoms with E-state index in [-0.39, 0.29) is 5.91 Å². The molecular weight excluding hydrogens is 324 g/mol. The molecule has 0 spiro atoms. The van der Waals surface area contributed by atoms with Gasteiger partial charge in [0.25, 0.3) is 5.91 Å². The van der Waals surface area contributed by atoms with Gasteiger partial charge in [-0.2, -0.15) is 0 Å². The van der Waals surface area contributed by atoms with Crippen molar-refractivity contribution in [1.29, 1.82) is 0 Å². The Hall–Kier alpha value is -2.82. The Labute approximate surface area is 152 Å². The summed E-state index contributed by atoms with van der Waals surface area (Å²) in [5, 5.41) is 0. The molecule has 1 aromatic carbocycles. The number of hydrogen-bond donors (Lipinski definition) is 0. The maximum absolute atomic E-state index is 13.2. The number of imidazole rings is 1. The van der Waals surface area contributed by atoms with Crippen LogP contribution >= 0.6 is 0 Å². The summed E-state index contributed by atoms with van der Waals surface area (Å²) < 4.78 is 4.26. The summed E-state index contributed by atoms with van der Waals surface area (Å²) in [4.78, 5) is 19.5. The van der Waals surface area contributed by atoms with Crippen LogP contribution in [0.15, 0.2) is 67.5 Å². The Morgan fingerprint density at radius 3 is 2.23 bits per heavy atom. The molecule has 0 saturated carbocycles. The molecule has 2 unspecified atom stereocenters. The monoisotopic (exact) mass is 346 g/mol. The van der Waals surface area contributed by atoms with E-state index in [1.165, 1.54) is 0 Å². The number of fused-ring (bicyclic) bond motifs is 2. The number of aromatic nitrogens is 3. The molecule has 2 aliphatic heterocycles. The Morgan fingerprint density at radius 1 is 0.923 bits per heavy atom. The highest BCUT2D eigenvalue weighted by molar-refractivity contribution is 5.95. The van der Waals surface area contributed by atoms with E-state index in [2.05, 4.69) is 19.0 Å². The summed E-state index contributed by atoms with van der Waals surface area (Å²) >= 11 is 0. The molecule has 5 nitrogen and oxygen atoms in total. The minimum absolute atomic E-state index is 0.181. The van der Waals surface area contributed by atoms with E-state index in [0.717, 1.165) is 36.9 Å².